The molecule has 1 aliphatic heterocycles. The Bertz CT molecular complexity index is 814. The topological polar surface area (TPSA) is 49.4 Å². The molecule has 0 radical (unpaired) electrons. The second-order valence-corrected chi connectivity index (χ2v) is 8.00. The van der Waals surface area contributed by atoms with Gasteiger partial charge in [0, 0.05) is 30.3 Å². The van der Waals surface area contributed by atoms with E-state index in [1.807, 2.05) is 30.3 Å². The van der Waals surface area contributed by atoms with Crippen LogP contribution in [0.4, 0.5) is 0 Å². The van der Waals surface area contributed by atoms with Crippen LogP contribution >= 0.6 is 0 Å². The van der Waals surface area contributed by atoms with Gasteiger partial charge in [-0.15, -0.1) is 0 Å². The minimum Gasteiger partial charge on any atom is -0.348 e. The fraction of sp³-hybridized carbons (Fsp3) is 0.417. The summed E-state index contributed by atoms with van der Waals surface area (Å²) >= 11 is 0. The SMILES string of the molecule is O=C(NCc1ccccc1)c1ccc(C(=O)N2CCC[C@@H]3CCCC[C@@H]32)cc1. The van der Waals surface area contributed by atoms with E-state index in [4.69, 9.17) is 0 Å². The largest absolute Gasteiger partial charge is 0.348 e. The molecular formula is C24H28N2O2. The summed E-state index contributed by atoms with van der Waals surface area (Å²) in [6.45, 7) is 1.36. The van der Waals surface area contributed by atoms with E-state index in [0.29, 0.717) is 29.6 Å². The molecule has 1 aliphatic carbocycles. The van der Waals surface area contributed by atoms with Crippen molar-refractivity contribution in [3.63, 3.8) is 0 Å². The van der Waals surface area contributed by atoms with Crippen molar-refractivity contribution in [1.82, 2.24) is 10.2 Å². The predicted octanol–water partition coefficient (Wildman–Crippen LogP) is 4.41. The van der Waals surface area contributed by atoms with E-state index in [9.17, 15) is 9.59 Å². The van der Waals surface area contributed by atoms with Crippen LogP contribution < -0.4 is 5.32 Å². The van der Waals surface area contributed by atoms with Gasteiger partial charge in [0.25, 0.3) is 11.8 Å². The van der Waals surface area contributed by atoms with Crippen LogP contribution in [0.25, 0.3) is 0 Å². The first-order valence-electron chi connectivity index (χ1n) is 10.5. The van der Waals surface area contributed by atoms with Crippen LogP contribution in [0.1, 0.15) is 64.8 Å². The molecule has 4 heteroatoms. The molecule has 1 N–H and O–H groups in total. The second kappa shape index (κ2) is 8.59. The molecule has 2 aliphatic rings. The minimum atomic E-state index is -0.117. The van der Waals surface area contributed by atoms with Crippen molar-refractivity contribution in [2.24, 2.45) is 5.92 Å². The zero-order chi connectivity index (χ0) is 19.3. The summed E-state index contributed by atoms with van der Waals surface area (Å²) in [5, 5.41) is 2.93. The van der Waals surface area contributed by atoms with Crippen molar-refractivity contribution >= 4 is 11.8 Å². The van der Waals surface area contributed by atoms with E-state index >= 15 is 0 Å². The summed E-state index contributed by atoms with van der Waals surface area (Å²) in [5.74, 6) is 0.676. The van der Waals surface area contributed by atoms with Gasteiger partial charge in [-0.1, -0.05) is 43.2 Å². The summed E-state index contributed by atoms with van der Waals surface area (Å²) in [5.41, 5.74) is 2.34. The van der Waals surface area contributed by atoms with E-state index < -0.39 is 0 Å². The van der Waals surface area contributed by atoms with E-state index in [-0.39, 0.29) is 11.8 Å². The Morgan fingerprint density at radius 3 is 2.32 bits per heavy atom. The molecule has 4 nitrogen and oxygen atoms in total. The van der Waals surface area contributed by atoms with Crippen LogP contribution in [0.15, 0.2) is 54.6 Å². The molecule has 0 aromatic heterocycles. The number of piperidine rings is 1. The molecule has 28 heavy (non-hydrogen) atoms. The van der Waals surface area contributed by atoms with Gasteiger partial charge < -0.3 is 10.2 Å². The van der Waals surface area contributed by atoms with E-state index in [0.717, 1.165) is 24.9 Å². The molecule has 2 atom stereocenters. The van der Waals surface area contributed by atoms with Crippen LogP contribution in [0, 0.1) is 5.92 Å². The number of carbonyl (C=O) groups is 2. The molecule has 0 bridgehead atoms. The van der Waals surface area contributed by atoms with Crippen molar-refractivity contribution in [2.45, 2.75) is 51.1 Å². The lowest BCUT2D eigenvalue weighted by Gasteiger charge is -2.44. The zero-order valence-corrected chi connectivity index (χ0v) is 16.3. The normalized spacial score (nSPS) is 21.6. The smallest absolute Gasteiger partial charge is 0.254 e. The number of hydrogen-bond donors (Lipinski definition) is 1. The summed E-state index contributed by atoms with van der Waals surface area (Å²) in [6, 6.07) is 17.4. The minimum absolute atomic E-state index is 0.117. The number of nitrogens with zero attached hydrogens (tertiary/aromatic N) is 1. The van der Waals surface area contributed by atoms with Gasteiger partial charge >= 0.3 is 0 Å². The number of rotatable bonds is 4. The third-order valence-electron chi connectivity index (χ3n) is 6.19. The number of fused-ring (bicyclic) bond motifs is 1. The predicted molar refractivity (Wildman–Crippen MR) is 110 cm³/mol. The number of nitrogens with one attached hydrogen (secondary N) is 1. The molecule has 1 heterocycles. The fourth-order valence-corrected chi connectivity index (χ4v) is 4.69. The molecule has 2 fully saturated rings. The number of likely N-dealkylation sites (tertiary alicyclic amines) is 1. The third kappa shape index (κ3) is 4.11. The number of hydrogen-bond acceptors (Lipinski definition) is 2. The Hall–Kier alpha value is -2.62. The van der Waals surface area contributed by atoms with Crippen LogP contribution in [-0.2, 0) is 6.54 Å². The molecular weight excluding hydrogens is 348 g/mol. The van der Waals surface area contributed by atoms with E-state index in [2.05, 4.69) is 10.2 Å². The molecule has 0 spiro atoms. The summed E-state index contributed by atoms with van der Waals surface area (Å²) in [4.78, 5) is 27.5. The lowest BCUT2D eigenvalue weighted by molar-refractivity contribution is 0.0390. The first-order valence-corrected chi connectivity index (χ1v) is 10.5. The molecule has 146 valence electrons. The Morgan fingerprint density at radius 2 is 1.54 bits per heavy atom. The highest BCUT2D eigenvalue weighted by Crippen LogP contribution is 2.35. The van der Waals surface area contributed by atoms with Crippen LogP contribution in [0.3, 0.4) is 0 Å². The van der Waals surface area contributed by atoms with Gasteiger partial charge in [-0.3, -0.25) is 9.59 Å². The van der Waals surface area contributed by atoms with E-state index in [1.165, 1.54) is 25.7 Å². The number of carbonyl (C=O) groups excluding carboxylic acids is 2. The van der Waals surface area contributed by atoms with Crippen molar-refractivity contribution in [2.75, 3.05) is 6.54 Å². The lowest BCUT2D eigenvalue weighted by atomic mass is 9.78. The van der Waals surface area contributed by atoms with Crippen molar-refractivity contribution in [3.8, 4) is 0 Å². The van der Waals surface area contributed by atoms with Gasteiger partial charge in [0.1, 0.15) is 0 Å². The quantitative estimate of drug-likeness (QED) is 0.859. The Labute approximate surface area is 166 Å². The Morgan fingerprint density at radius 1 is 0.857 bits per heavy atom. The zero-order valence-electron chi connectivity index (χ0n) is 16.3. The van der Waals surface area contributed by atoms with Gasteiger partial charge in [0.05, 0.1) is 0 Å². The molecule has 4 rings (SSSR count). The maximum Gasteiger partial charge on any atom is 0.254 e. The summed E-state index contributed by atoms with van der Waals surface area (Å²) < 4.78 is 0. The Kier molecular flexibility index (Phi) is 5.75. The number of benzene rings is 2. The highest BCUT2D eigenvalue weighted by Gasteiger charge is 2.35. The summed E-state index contributed by atoms with van der Waals surface area (Å²) in [7, 11) is 0. The van der Waals surface area contributed by atoms with Crippen LogP contribution in [0.2, 0.25) is 0 Å². The monoisotopic (exact) mass is 376 g/mol. The maximum absolute atomic E-state index is 13.1. The van der Waals surface area contributed by atoms with Crippen molar-refractivity contribution in [1.29, 1.82) is 0 Å². The molecule has 1 saturated heterocycles. The Balaban J connectivity index is 1.39. The first-order chi connectivity index (χ1) is 13.7. The fourth-order valence-electron chi connectivity index (χ4n) is 4.69. The third-order valence-corrected chi connectivity index (χ3v) is 6.19. The van der Waals surface area contributed by atoms with Gasteiger partial charge in [0.2, 0.25) is 0 Å². The average Bonchev–Trinajstić information content (AvgIpc) is 2.77. The van der Waals surface area contributed by atoms with Gasteiger partial charge in [-0.05, 0) is 61.4 Å². The average molecular weight is 377 g/mol. The number of amides is 2. The first kappa shape index (κ1) is 18.7. The highest BCUT2D eigenvalue weighted by molar-refractivity contribution is 5.98. The molecule has 0 unspecified atom stereocenters. The van der Waals surface area contributed by atoms with E-state index in [1.54, 1.807) is 24.3 Å². The lowest BCUT2D eigenvalue weighted by Crippen LogP contribution is -2.49. The van der Waals surface area contributed by atoms with Crippen molar-refractivity contribution < 1.29 is 9.59 Å². The van der Waals surface area contributed by atoms with Crippen molar-refractivity contribution in [3.05, 3.63) is 71.3 Å². The molecule has 1 saturated carbocycles. The summed E-state index contributed by atoms with van der Waals surface area (Å²) in [6.07, 6.45) is 7.29. The van der Waals surface area contributed by atoms with Gasteiger partial charge in [0.15, 0.2) is 0 Å². The van der Waals surface area contributed by atoms with Gasteiger partial charge in [-0.2, -0.15) is 0 Å². The molecule has 2 amide bonds. The standard InChI is InChI=1S/C24H28N2O2/c27-23(25-17-18-7-2-1-3-8-18)20-12-14-21(15-13-20)24(28)26-16-6-10-19-9-4-5-11-22(19)26/h1-3,7-8,12-15,19,22H,4-6,9-11,16-17H2,(H,25,27)/t19-,22-/m0/s1. The molecule has 2 aromatic carbocycles. The highest BCUT2D eigenvalue weighted by atomic mass is 16.2. The maximum atomic E-state index is 13.1. The second-order valence-electron chi connectivity index (χ2n) is 8.00. The van der Waals surface area contributed by atoms with Crippen LogP contribution in [-0.4, -0.2) is 29.3 Å². The van der Waals surface area contributed by atoms with Crippen LogP contribution in [0.5, 0.6) is 0 Å². The molecule has 2 aromatic rings. The van der Waals surface area contributed by atoms with Gasteiger partial charge in [-0.25, -0.2) is 0 Å².